The molecule has 2 N–H and O–H groups in total. The number of ether oxygens (including phenoxy) is 1. The van der Waals surface area contributed by atoms with Crippen molar-refractivity contribution < 1.29 is 4.74 Å². The topological polar surface area (TPSA) is 35.2 Å². The zero-order valence-electron chi connectivity index (χ0n) is 8.13. The third-order valence-corrected chi connectivity index (χ3v) is 1.82. The molecule has 0 aliphatic rings. The second-order valence-electron chi connectivity index (χ2n) is 3.62. The highest BCUT2D eigenvalue weighted by molar-refractivity contribution is 4.62. The zero-order valence-corrected chi connectivity index (χ0v) is 8.13. The Hall–Kier alpha value is -0.0800. The van der Waals surface area contributed by atoms with E-state index in [1.54, 1.807) is 0 Å². The van der Waals surface area contributed by atoms with Gasteiger partial charge in [-0.15, -0.1) is 0 Å². The highest BCUT2D eigenvalue weighted by atomic mass is 16.5. The number of nitrogens with two attached hydrogens (primary N) is 1. The molecule has 2 atom stereocenters. The molecule has 0 bridgehead atoms. The van der Waals surface area contributed by atoms with Gasteiger partial charge in [0.15, 0.2) is 0 Å². The van der Waals surface area contributed by atoms with E-state index in [1.807, 2.05) is 13.8 Å². The van der Waals surface area contributed by atoms with Crippen molar-refractivity contribution >= 4 is 0 Å². The van der Waals surface area contributed by atoms with Crippen LogP contribution in [-0.4, -0.2) is 18.8 Å². The van der Waals surface area contributed by atoms with Crippen molar-refractivity contribution in [3.63, 3.8) is 0 Å². The average Bonchev–Trinajstić information content (AvgIpc) is 1.86. The zero-order chi connectivity index (χ0) is 8.85. The Morgan fingerprint density at radius 2 is 1.73 bits per heavy atom. The minimum absolute atomic E-state index is 0.141. The van der Waals surface area contributed by atoms with Crippen molar-refractivity contribution in [2.24, 2.45) is 11.7 Å². The molecule has 0 aromatic rings. The highest BCUT2D eigenvalue weighted by Crippen LogP contribution is 2.02. The van der Waals surface area contributed by atoms with Gasteiger partial charge in [-0.3, -0.25) is 0 Å². The molecule has 0 aliphatic heterocycles. The second kappa shape index (κ2) is 5.56. The molecule has 0 heterocycles. The van der Waals surface area contributed by atoms with Crippen molar-refractivity contribution in [2.75, 3.05) is 6.61 Å². The lowest BCUT2D eigenvalue weighted by atomic mass is 10.1. The van der Waals surface area contributed by atoms with Gasteiger partial charge in [0.05, 0.1) is 6.10 Å². The fourth-order valence-electron chi connectivity index (χ4n) is 0.641. The molecule has 0 amide bonds. The van der Waals surface area contributed by atoms with E-state index in [0.717, 1.165) is 18.9 Å². The first kappa shape index (κ1) is 10.9. The van der Waals surface area contributed by atoms with Crippen molar-refractivity contribution in [2.45, 2.75) is 46.3 Å². The first-order valence-electron chi connectivity index (χ1n) is 4.41. The van der Waals surface area contributed by atoms with Crippen LogP contribution in [0, 0.1) is 5.92 Å². The van der Waals surface area contributed by atoms with Gasteiger partial charge in [-0.05, 0) is 26.2 Å². The predicted octanol–water partition coefficient (Wildman–Crippen LogP) is 1.78. The van der Waals surface area contributed by atoms with Crippen LogP contribution in [-0.2, 0) is 4.74 Å². The Morgan fingerprint density at radius 1 is 1.18 bits per heavy atom. The normalized spacial score (nSPS) is 16.9. The van der Waals surface area contributed by atoms with Crippen LogP contribution in [0.3, 0.4) is 0 Å². The van der Waals surface area contributed by atoms with Gasteiger partial charge < -0.3 is 10.5 Å². The summed E-state index contributed by atoms with van der Waals surface area (Å²) in [4.78, 5) is 0. The molecule has 0 rings (SSSR count). The molecule has 0 radical (unpaired) electrons. The number of hydrogen-bond donors (Lipinski definition) is 1. The van der Waals surface area contributed by atoms with E-state index < -0.39 is 0 Å². The van der Waals surface area contributed by atoms with Gasteiger partial charge in [0, 0.05) is 12.6 Å². The minimum Gasteiger partial charge on any atom is -0.377 e. The molecule has 2 nitrogen and oxygen atoms in total. The standard InChI is InChI=1S/C9H21NO/c1-7(2)5-6-11-9(4)8(3)10/h7-9H,5-6,10H2,1-4H3/t8-,9?/m0/s1. The van der Waals surface area contributed by atoms with E-state index in [0.29, 0.717) is 0 Å². The molecule has 0 aromatic heterocycles. The molecule has 11 heavy (non-hydrogen) atoms. The van der Waals surface area contributed by atoms with Crippen LogP contribution in [0.4, 0.5) is 0 Å². The van der Waals surface area contributed by atoms with Crippen molar-refractivity contribution in [3.05, 3.63) is 0 Å². The molecule has 1 unspecified atom stereocenters. The fourth-order valence-corrected chi connectivity index (χ4v) is 0.641. The van der Waals surface area contributed by atoms with Gasteiger partial charge in [-0.2, -0.15) is 0 Å². The lowest BCUT2D eigenvalue weighted by molar-refractivity contribution is 0.0457. The van der Waals surface area contributed by atoms with E-state index >= 15 is 0 Å². The van der Waals surface area contributed by atoms with Gasteiger partial charge in [0.2, 0.25) is 0 Å². The Morgan fingerprint density at radius 3 is 2.09 bits per heavy atom. The summed E-state index contributed by atoms with van der Waals surface area (Å²) in [5, 5.41) is 0. The van der Waals surface area contributed by atoms with Crippen molar-refractivity contribution in [1.29, 1.82) is 0 Å². The Kier molecular flexibility index (Phi) is 5.51. The van der Waals surface area contributed by atoms with E-state index in [2.05, 4.69) is 13.8 Å². The lowest BCUT2D eigenvalue weighted by Crippen LogP contribution is -2.31. The minimum atomic E-state index is 0.141. The van der Waals surface area contributed by atoms with Crippen LogP contribution in [0.2, 0.25) is 0 Å². The van der Waals surface area contributed by atoms with E-state index in [4.69, 9.17) is 10.5 Å². The summed E-state index contributed by atoms with van der Waals surface area (Å²) in [6, 6.07) is 0.141. The molecule has 0 fully saturated rings. The number of hydrogen-bond acceptors (Lipinski definition) is 2. The third-order valence-electron chi connectivity index (χ3n) is 1.82. The summed E-state index contributed by atoms with van der Waals surface area (Å²) in [5.41, 5.74) is 5.63. The maximum Gasteiger partial charge on any atom is 0.0695 e. The molecule has 0 aromatic carbocycles. The molecule has 2 heteroatoms. The maximum absolute atomic E-state index is 5.63. The molecule has 0 spiro atoms. The first-order chi connectivity index (χ1) is 5.04. The van der Waals surface area contributed by atoms with Gasteiger partial charge >= 0.3 is 0 Å². The molecule has 0 saturated heterocycles. The molecular weight excluding hydrogens is 138 g/mol. The lowest BCUT2D eigenvalue weighted by Gasteiger charge is -2.16. The Labute approximate surface area is 70.1 Å². The summed E-state index contributed by atoms with van der Waals surface area (Å²) in [6.07, 6.45) is 1.31. The van der Waals surface area contributed by atoms with Crippen LogP contribution in [0.25, 0.3) is 0 Å². The van der Waals surface area contributed by atoms with Gasteiger partial charge in [-0.1, -0.05) is 13.8 Å². The summed E-state index contributed by atoms with van der Waals surface area (Å²) in [6.45, 7) is 9.21. The quantitative estimate of drug-likeness (QED) is 0.663. The monoisotopic (exact) mass is 159 g/mol. The van der Waals surface area contributed by atoms with Gasteiger partial charge in [-0.25, -0.2) is 0 Å². The highest BCUT2D eigenvalue weighted by Gasteiger charge is 2.06. The predicted molar refractivity (Wildman–Crippen MR) is 48.5 cm³/mol. The summed E-state index contributed by atoms with van der Waals surface area (Å²) < 4.78 is 5.49. The molecule has 0 saturated carbocycles. The van der Waals surface area contributed by atoms with Crippen LogP contribution >= 0.6 is 0 Å². The van der Waals surface area contributed by atoms with Gasteiger partial charge in [0.1, 0.15) is 0 Å². The summed E-state index contributed by atoms with van der Waals surface area (Å²) in [7, 11) is 0. The molecule has 68 valence electrons. The van der Waals surface area contributed by atoms with Crippen LogP contribution in [0.1, 0.15) is 34.1 Å². The van der Waals surface area contributed by atoms with E-state index in [9.17, 15) is 0 Å². The second-order valence-corrected chi connectivity index (χ2v) is 3.62. The molecular formula is C9H21NO. The van der Waals surface area contributed by atoms with Crippen molar-refractivity contribution in [1.82, 2.24) is 0 Å². The maximum atomic E-state index is 5.63. The number of rotatable bonds is 5. The smallest absolute Gasteiger partial charge is 0.0695 e. The first-order valence-corrected chi connectivity index (χ1v) is 4.41. The Bertz CT molecular complexity index is 91.6. The molecule has 0 aliphatic carbocycles. The van der Waals surface area contributed by atoms with Gasteiger partial charge in [0.25, 0.3) is 0 Å². The van der Waals surface area contributed by atoms with Crippen molar-refractivity contribution in [3.8, 4) is 0 Å². The third kappa shape index (κ3) is 6.32. The average molecular weight is 159 g/mol. The largest absolute Gasteiger partial charge is 0.377 e. The Balaban J connectivity index is 3.24. The SMILES string of the molecule is CC(C)CCOC(C)[C@H](C)N. The summed E-state index contributed by atoms with van der Waals surface area (Å²) >= 11 is 0. The summed E-state index contributed by atoms with van der Waals surface area (Å²) in [5.74, 6) is 0.718. The van der Waals surface area contributed by atoms with E-state index in [-0.39, 0.29) is 12.1 Å². The van der Waals surface area contributed by atoms with Crippen LogP contribution in [0.15, 0.2) is 0 Å². The van der Waals surface area contributed by atoms with Crippen LogP contribution < -0.4 is 5.73 Å². The van der Waals surface area contributed by atoms with Crippen LogP contribution in [0.5, 0.6) is 0 Å². The fraction of sp³-hybridized carbons (Fsp3) is 1.00. The van der Waals surface area contributed by atoms with E-state index in [1.165, 1.54) is 0 Å².